The second-order valence-corrected chi connectivity index (χ2v) is 3.94. The number of carboxylic acids is 1. The standard InChI is InChI=1S/C13H19NO4/c1-3-18-10-6-4-9(5-7-10)13(17)11(14-2)8-12(15)16/h4-7,11,13-14,17H,3,8H2,1-2H3,(H,15,16). The summed E-state index contributed by atoms with van der Waals surface area (Å²) in [5.74, 6) is -0.216. The second-order valence-electron chi connectivity index (χ2n) is 3.94. The molecule has 2 atom stereocenters. The van der Waals surface area contributed by atoms with Crippen LogP contribution in [0.25, 0.3) is 0 Å². The molecule has 1 rings (SSSR count). The molecule has 0 aliphatic rings. The average Bonchev–Trinajstić information content (AvgIpc) is 2.36. The van der Waals surface area contributed by atoms with E-state index < -0.39 is 18.1 Å². The van der Waals surface area contributed by atoms with Gasteiger partial charge in [-0.05, 0) is 31.7 Å². The first-order valence-electron chi connectivity index (χ1n) is 5.88. The molecule has 0 amide bonds. The minimum Gasteiger partial charge on any atom is -0.494 e. The smallest absolute Gasteiger partial charge is 0.305 e. The third-order valence-electron chi connectivity index (χ3n) is 2.68. The van der Waals surface area contributed by atoms with Gasteiger partial charge < -0.3 is 20.3 Å². The summed E-state index contributed by atoms with van der Waals surface area (Å²) >= 11 is 0. The summed E-state index contributed by atoms with van der Waals surface area (Å²) in [5, 5.41) is 21.6. The summed E-state index contributed by atoms with van der Waals surface area (Å²) in [4.78, 5) is 10.7. The highest BCUT2D eigenvalue weighted by Crippen LogP contribution is 2.21. The molecule has 0 radical (unpaired) electrons. The minimum atomic E-state index is -0.945. The molecule has 0 heterocycles. The fraction of sp³-hybridized carbons (Fsp3) is 0.462. The van der Waals surface area contributed by atoms with Gasteiger partial charge in [-0.15, -0.1) is 0 Å². The molecule has 0 aromatic heterocycles. The van der Waals surface area contributed by atoms with Crippen LogP contribution in [0.1, 0.15) is 25.0 Å². The van der Waals surface area contributed by atoms with Crippen LogP contribution in [0, 0.1) is 0 Å². The topological polar surface area (TPSA) is 78.8 Å². The zero-order chi connectivity index (χ0) is 13.5. The van der Waals surface area contributed by atoms with Crippen molar-refractivity contribution in [2.24, 2.45) is 0 Å². The van der Waals surface area contributed by atoms with Crippen molar-refractivity contribution in [3.05, 3.63) is 29.8 Å². The third-order valence-corrected chi connectivity index (χ3v) is 2.68. The number of likely N-dealkylation sites (N-methyl/N-ethyl adjacent to an activating group) is 1. The van der Waals surface area contributed by atoms with Crippen molar-refractivity contribution in [3.63, 3.8) is 0 Å². The van der Waals surface area contributed by atoms with Gasteiger partial charge in [-0.3, -0.25) is 4.79 Å². The quantitative estimate of drug-likeness (QED) is 0.680. The van der Waals surface area contributed by atoms with Crippen molar-refractivity contribution < 1.29 is 19.7 Å². The number of aliphatic hydroxyl groups excluding tert-OH is 1. The van der Waals surface area contributed by atoms with E-state index in [1.54, 1.807) is 31.3 Å². The van der Waals surface area contributed by atoms with Gasteiger partial charge in [-0.2, -0.15) is 0 Å². The first-order chi connectivity index (χ1) is 8.58. The van der Waals surface area contributed by atoms with Crippen LogP contribution in [0.15, 0.2) is 24.3 Å². The molecule has 0 spiro atoms. The summed E-state index contributed by atoms with van der Waals surface area (Å²) in [6.45, 7) is 2.48. The molecule has 5 heteroatoms. The van der Waals surface area contributed by atoms with E-state index in [0.717, 1.165) is 5.75 Å². The fourth-order valence-corrected chi connectivity index (χ4v) is 1.72. The van der Waals surface area contributed by atoms with Gasteiger partial charge in [0.25, 0.3) is 0 Å². The van der Waals surface area contributed by atoms with Gasteiger partial charge in [0.15, 0.2) is 0 Å². The summed E-state index contributed by atoms with van der Waals surface area (Å²) < 4.78 is 5.30. The Morgan fingerprint density at radius 1 is 1.39 bits per heavy atom. The van der Waals surface area contributed by atoms with Crippen molar-refractivity contribution in [1.82, 2.24) is 5.32 Å². The highest BCUT2D eigenvalue weighted by atomic mass is 16.5. The van der Waals surface area contributed by atoms with Gasteiger partial charge in [-0.1, -0.05) is 12.1 Å². The molecule has 0 aliphatic carbocycles. The highest BCUT2D eigenvalue weighted by molar-refractivity contribution is 5.67. The lowest BCUT2D eigenvalue weighted by atomic mass is 10.00. The lowest BCUT2D eigenvalue weighted by Gasteiger charge is -2.21. The number of nitrogens with one attached hydrogen (secondary N) is 1. The van der Waals surface area contributed by atoms with E-state index in [4.69, 9.17) is 9.84 Å². The van der Waals surface area contributed by atoms with Crippen molar-refractivity contribution in [2.45, 2.75) is 25.5 Å². The molecule has 1 aromatic rings. The molecule has 0 bridgehead atoms. The summed E-state index contributed by atoms with van der Waals surface area (Å²) in [7, 11) is 1.63. The predicted molar refractivity (Wildman–Crippen MR) is 67.7 cm³/mol. The zero-order valence-electron chi connectivity index (χ0n) is 10.6. The average molecular weight is 253 g/mol. The van der Waals surface area contributed by atoms with Crippen molar-refractivity contribution in [2.75, 3.05) is 13.7 Å². The monoisotopic (exact) mass is 253 g/mol. The first-order valence-corrected chi connectivity index (χ1v) is 5.88. The number of aliphatic hydroxyl groups is 1. The van der Waals surface area contributed by atoms with Crippen molar-refractivity contribution in [1.29, 1.82) is 0 Å². The Morgan fingerprint density at radius 3 is 2.44 bits per heavy atom. The van der Waals surface area contributed by atoms with Crippen molar-refractivity contribution in [3.8, 4) is 5.75 Å². The fourth-order valence-electron chi connectivity index (χ4n) is 1.72. The lowest BCUT2D eigenvalue weighted by molar-refractivity contribution is -0.138. The Bertz CT molecular complexity index is 377. The van der Waals surface area contributed by atoms with Crippen LogP contribution in [-0.2, 0) is 4.79 Å². The summed E-state index contributed by atoms with van der Waals surface area (Å²) in [6, 6.07) is 6.48. The number of ether oxygens (including phenoxy) is 1. The Labute approximate surface area is 106 Å². The molecule has 2 unspecified atom stereocenters. The third kappa shape index (κ3) is 4.01. The van der Waals surface area contributed by atoms with Crippen LogP contribution in [0.4, 0.5) is 0 Å². The van der Waals surface area contributed by atoms with Gasteiger partial charge in [0.1, 0.15) is 5.75 Å². The van der Waals surface area contributed by atoms with E-state index in [9.17, 15) is 9.90 Å². The minimum absolute atomic E-state index is 0.134. The Balaban J connectivity index is 2.75. The summed E-state index contributed by atoms with van der Waals surface area (Å²) in [6.07, 6.45) is -0.994. The summed E-state index contributed by atoms with van der Waals surface area (Å²) in [5.41, 5.74) is 0.666. The highest BCUT2D eigenvalue weighted by Gasteiger charge is 2.21. The molecule has 1 aromatic carbocycles. The number of rotatable bonds is 7. The van der Waals surface area contributed by atoms with E-state index in [2.05, 4.69) is 5.32 Å². The Morgan fingerprint density at radius 2 is 2.00 bits per heavy atom. The van der Waals surface area contributed by atoms with Gasteiger partial charge in [-0.25, -0.2) is 0 Å². The Kier molecular flexibility index (Phi) is 5.61. The first kappa shape index (κ1) is 14.5. The van der Waals surface area contributed by atoms with Crippen molar-refractivity contribution >= 4 is 5.97 Å². The lowest BCUT2D eigenvalue weighted by Crippen LogP contribution is -2.34. The largest absolute Gasteiger partial charge is 0.494 e. The molecule has 0 fully saturated rings. The van der Waals surface area contributed by atoms with E-state index in [0.29, 0.717) is 12.2 Å². The molecule has 0 saturated heterocycles. The van der Waals surface area contributed by atoms with Crippen LogP contribution >= 0.6 is 0 Å². The molecule has 5 nitrogen and oxygen atoms in total. The van der Waals surface area contributed by atoms with E-state index >= 15 is 0 Å². The number of hydrogen-bond acceptors (Lipinski definition) is 4. The van der Waals surface area contributed by atoms with Crippen LogP contribution in [0.2, 0.25) is 0 Å². The number of benzene rings is 1. The van der Waals surface area contributed by atoms with Gasteiger partial charge in [0.05, 0.1) is 19.1 Å². The SMILES string of the molecule is CCOc1ccc(C(O)C(CC(=O)O)NC)cc1. The number of hydrogen-bond donors (Lipinski definition) is 3. The van der Waals surface area contributed by atoms with Gasteiger partial charge >= 0.3 is 5.97 Å². The number of carbonyl (C=O) groups is 1. The maximum atomic E-state index is 10.7. The zero-order valence-corrected chi connectivity index (χ0v) is 10.6. The number of aliphatic carboxylic acids is 1. The van der Waals surface area contributed by atoms with E-state index in [-0.39, 0.29) is 6.42 Å². The van der Waals surface area contributed by atoms with E-state index in [1.807, 2.05) is 6.92 Å². The molecule has 100 valence electrons. The normalized spacial score (nSPS) is 13.9. The molecule has 0 aliphatic heterocycles. The van der Waals surface area contributed by atoms with Crippen LogP contribution in [0.3, 0.4) is 0 Å². The van der Waals surface area contributed by atoms with Crippen LogP contribution < -0.4 is 10.1 Å². The van der Waals surface area contributed by atoms with Crippen LogP contribution in [-0.4, -0.2) is 35.9 Å². The van der Waals surface area contributed by atoms with Gasteiger partial charge in [0, 0.05) is 6.04 Å². The molecular weight excluding hydrogens is 234 g/mol. The molecule has 18 heavy (non-hydrogen) atoms. The Hall–Kier alpha value is -1.59. The number of carboxylic acid groups (broad SMARTS) is 1. The molecule has 0 saturated carbocycles. The van der Waals surface area contributed by atoms with Gasteiger partial charge in [0.2, 0.25) is 0 Å². The molecule has 3 N–H and O–H groups in total. The molecular formula is C13H19NO4. The maximum absolute atomic E-state index is 10.7. The maximum Gasteiger partial charge on any atom is 0.305 e. The second kappa shape index (κ2) is 6.98. The van der Waals surface area contributed by atoms with Crippen LogP contribution in [0.5, 0.6) is 5.75 Å². The van der Waals surface area contributed by atoms with E-state index in [1.165, 1.54) is 0 Å². The predicted octanol–water partition coefficient (Wildman–Crippen LogP) is 1.18.